The largest absolute Gasteiger partial charge is 0.384 e. The first kappa shape index (κ1) is 13.3. The first-order valence-corrected chi connectivity index (χ1v) is 7.62. The van der Waals surface area contributed by atoms with Crippen LogP contribution >= 0.6 is 0 Å². The molecule has 0 spiro atoms. The summed E-state index contributed by atoms with van der Waals surface area (Å²) in [6.07, 6.45) is 6.11. The Morgan fingerprint density at radius 2 is 2.05 bits per heavy atom. The summed E-state index contributed by atoms with van der Waals surface area (Å²) in [5.74, 6) is 0.374. The summed E-state index contributed by atoms with van der Waals surface area (Å²) >= 11 is 0. The highest BCUT2D eigenvalue weighted by atomic mass is 19.1. The number of benzene rings is 1. The predicted octanol–water partition coefficient (Wildman–Crippen LogP) is 4.85. The van der Waals surface area contributed by atoms with Crippen molar-refractivity contribution in [3.05, 3.63) is 35.8 Å². The molecular formula is C17H21FN2. The van der Waals surface area contributed by atoms with Crippen molar-refractivity contribution in [3.63, 3.8) is 0 Å². The Balaban J connectivity index is 2.06. The van der Waals surface area contributed by atoms with Crippen LogP contribution in [0.4, 0.5) is 10.1 Å². The van der Waals surface area contributed by atoms with Crippen molar-refractivity contribution in [3.8, 4) is 0 Å². The SMILES string of the molecule is CCCNc1cc(C2CCCC2)nc2ccc(F)cc12. The summed E-state index contributed by atoms with van der Waals surface area (Å²) in [5, 5.41) is 4.31. The molecule has 0 aliphatic heterocycles. The molecule has 3 heteroatoms. The molecule has 0 unspecified atom stereocenters. The molecular weight excluding hydrogens is 251 g/mol. The summed E-state index contributed by atoms with van der Waals surface area (Å²) in [6, 6.07) is 7.00. The summed E-state index contributed by atoms with van der Waals surface area (Å²) in [7, 11) is 0. The van der Waals surface area contributed by atoms with Gasteiger partial charge in [-0.1, -0.05) is 19.8 Å². The average Bonchev–Trinajstić information content (AvgIpc) is 2.99. The van der Waals surface area contributed by atoms with E-state index in [4.69, 9.17) is 4.98 Å². The molecule has 106 valence electrons. The Morgan fingerprint density at radius 3 is 2.80 bits per heavy atom. The van der Waals surface area contributed by atoms with E-state index in [1.807, 2.05) is 0 Å². The van der Waals surface area contributed by atoms with Crippen LogP contribution in [-0.2, 0) is 0 Å². The van der Waals surface area contributed by atoms with Gasteiger partial charge in [-0.2, -0.15) is 0 Å². The van der Waals surface area contributed by atoms with Crippen molar-refractivity contribution in [2.24, 2.45) is 0 Å². The number of pyridine rings is 1. The number of fused-ring (bicyclic) bond motifs is 1. The second-order valence-corrected chi connectivity index (χ2v) is 5.66. The number of halogens is 1. The first-order chi connectivity index (χ1) is 9.78. The van der Waals surface area contributed by atoms with E-state index in [-0.39, 0.29) is 5.82 Å². The lowest BCUT2D eigenvalue weighted by Crippen LogP contribution is -2.04. The highest BCUT2D eigenvalue weighted by molar-refractivity contribution is 5.91. The van der Waals surface area contributed by atoms with Gasteiger partial charge in [-0.25, -0.2) is 4.39 Å². The van der Waals surface area contributed by atoms with Gasteiger partial charge in [0.05, 0.1) is 5.52 Å². The quantitative estimate of drug-likeness (QED) is 0.860. The molecule has 2 aromatic rings. The Kier molecular flexibility index (Phi) is 3.86. The third-order valence-corrected chi connectivity index (χ3v) is 4.13. The number of hydrogen-bond donors (Lipinski definition) is 1. The molecule has 2 nitrogen and oxygen atoms in total. The zero-order valence-electron chi connectivity index (χ0n) is 12.0. The summed E-state index contributed by atoms with van der Waals surface area (Å²) in [6.45, 7) is 3.04. The maximum absolute atomic E-state index is 13.5. The van der Waals surface area contributed by atoms with Crippen LogP contribution in [0.2, 0.25) is 0 Å². The maximum atomic E-state index is 13.5. The third-order valence-electron chi connectivity index (χ3n) is 4.13. The van der Waals surface area contributed by atoms with E-state index in [1.54, 1.807) is 12.1 Å². The van der Waals surface area contributed by atoms with Gasteiger partial charge in [-0.05, 0) is 43.5 Å². The second kappa shape index (κ2) is 5.78. The van der Waals surface area contributed by atoms with Crippen molar-refractivity contribution in [1.82, 2.24) is 4.98 Å². The Bertz CT molecular complexity index is 603. The number of rotatable bonds is 4. The number of aromatic nitrogens is 1. The van der Waals surface area contributed by atoms with Gasteiger partial charge in [-0.3, -0.25) is 4.98 Å². The van der Waals surface area contributed by atoms with E-state index in [2.05, 4.69) is 18.3 Å². The number of anilines is 1. The second-order valence-electron chi connectivity index (χ2n) is 5.66. The molecule has 20 heavy (non-hydrogen) atoms. The van der Waals surface area contributed by atoms with Gasteiger partial charge >= 0.3 is 0 Å². The molecule has 1 N–H and O–H groups in total. The molecule has 0 saturated heterocycles. The van der Waals surface area contributed by atoms with Gasteiger partial charge < -0.3 is 5.32 Å². The highest BCUT2D eigenvalue weighted by Gasteiger charge is 2.20. The molecule has 1 aliphatic rings. The molecule has 0 radical (unpaired) electrons. The monoisotopic (exact) mass is 272 g/mol. The van der Waals surface area contributed by atoms with E-state index in [0.717, 1.165) is 29.6 Å². The van der Waals surface area contributed by atoms with Crippen LogP contribution in [0.1, 0.15) is 50.6 Å². The summed E-state index contributed by atoms with van der Waals surface area (Å²) in [5.41, 5.74) is 3.09. The molecule has 0 amide bonds. The lowest BCUT2D eigenvalue weighted by Gasteiger charge is -2.14. The van der Waals surface area contributed by atoms with Crippen LogP contribution in [0.3, 0.4) is 0 Å². The fourth-order valence-electron chi connectivity index (χ4n) is 3.06. The van der Waals surface area contributed by atoms with E-state index < -0.39 is 0 Å². The maximum Gasteiger partial charge on any atom is 0.124 e. The number of nitrogens with zero attached hydrogens (tertiary/aromatic N) is 1. The van der Waals surface area contributed by atoms with Gasteiger partial charge in [-0.15, -0.1) is 0 Å². The lowest BCUT2D eigenvalue weighted by atomic mass is 10.0. The molecule has 0 atom stereocenters. The lowest BCUT2D eigenvalue weighted by molar-refractivity contribution is 0.629. The van der Waals surface area contributed by atoms with Crippen molar-refractivity contribution >= 4 is 16.6 Å². The Labute approximate surface area is 119 Å². The summed E-state index contributed by atoms with van der Waals surface area (Å²) in [4.78, 5) is 4.76. The van der Waals surface area contributed by atoms with Crippen LogP contribution in [0.5, 0.6) is 0 Å². The Hall–Kier alpha value is -1.64. The van der Waals surface area contributed by atoms with Crippen molar-refractivity contribution in [2.75, 3.05) is 11.9 Å². The summed E-state index contributed by atoms with van der Waals surface area (Å²) < 4.78 is 13.5. The van der Waals surface area contributed by atoms with Crippen LogP contribution in [0.15, 0.2) is 24.3 Å². The van der Waals surface area contributed by atoms with Crippen molar-refractivity contribution in [2.45, 2.75) is 44.9 Å². The number of hydrogen-bond acceptors (Lipinski definition) is 2. The van der Waals surface area contributed by atoms with E-state index in [1.165, 1.54) is 37.4 Å². The Morgan fingerprint density at radius 1 is 1.25 bits per heavy atom. The van der Waals surface area contributed by atoms with Crippen LogP contribution in [0, 0.1) is 5.82 Å². The van der Waals surface area contributed by atoms with Crippen molar-refractivity contribution in [1.29, 1.82) is 0 Å². The zero-order valence-corrected chi connectivity index (χ0v) is 12.0. The van der Waals surface area contributed by atoms with Crippen LogP contribution < -0.4 is 5.32 Å². The van der Waals surface area contributed by atoms with Gasteiger partial charge in [0, 0.05) is 29.2 Å². The standard InChI is InChI=1S/C17H21FN2/c1-2-9-19-17-11-16(12-5-3-4-6-12)20-15-8-7-13(18)10-14(15)17/h7-8,10-12H,2-6,9H2,1H3,(H,19,20). The fourth-order valence-corrected chi connectivity index (χ4v) is 3.06. The van der Waals surface area contributed by atoms with Gasteiger partial charge in [0.15, 0.2) is 0 Å². The van der Waals surface area contributed by atoms with E-state index in [9.17, 15) is 4.39 Å². The topological polar surface area (TPSA) is 24.9 Å². The first-order valence-electron chi connectivity index (χ1n) is 7.62. The highest BCUT2D eigenvalue weighted by Crippen LogP contribution is 2.36. The van der Waals surface area contributed by atoms with Crippen LogP contribution in [0.25, 0.3) is 10.9 Å². The molecule has 3 rings (SSSR count). The molecule has 1 heterocycles. The fraction of sp³-hybridized carbons (Fsp3) is 0.471. The molecule has 1 saturated carbocycles. The predicted molar refractivity (Wildman–Crippen MR) is 81.7 cm³/mol. The minimum Gasteiger partial charge on any atom is -0.384 e. The molecule has 1 aromatic heterocycles. The van der Waals surface area contributed by atoms with Gasteiger partial charge in [0.1, 0.15) is 5.82 Å². The normalized spacial score (nSPS) is 15.9. The average molecular weight is 272 g/mol. The minimum atomic E-state index is -0.201. The van der Waals surface area contributed by atoms with Gasteiger partial charge in [0.25, 0.3) is 0 Å². The molecule has 1 fully saturated rings. The van der Waals surface area contributed by atoms with Gasteiger partial charge in [0.2, 0.25) is 0 Å². The minimum absolute atomic E-state index is 0.201. The van der Waals surface area contributed by atoms with Crippen molar-refractivity contribution < 1.29 is 4.39 Å². The molecule has 0 bridgehead atoms. The van der Waals surface area contributed by atoms with Crippen LogP contribution in [-0.4, -0.2) is 11.5 Å². The number of nitrogens with one attached hydrogen (secondary N) is 1. The zero-order chi connectivity index (χ0) is 13.9. The molecule has 1 aromatic carbocycles. The molecule has 1 aliphatic carbocycles. The van der Waals surface area contributed by atoms with E-state index >= 15 is 0 Å². The van der Waals surface area contributed by atoms with E-state index in [0.29, 0.717) is 5.92 Å². The smallest absolute Gasteiger partial charge is 0.124 e. The third kappa shape index (κ3) is 2.62.